The highest BCUT2D eigenvalue weighted by Crippen LogP contribution is 2.48. The lowest BCUT2D eigenvalue weighted by Gasteiger charge is -2.42. The van der Waals surface area contributed by atoms with Gasteiger partial charge in [0.2, 0.25) is 0 Å². The maximum absolute atomic E-state index is 14.6. The first-order valence-electron chi connectivity index (χ1n) is 11.0. The molecule has 4 rings (SSSR count). The van der Waals surface area contributed by atoms with Crippen LogP contribution in [0.3, 0.4) is 0 Å². The lowest BCUT2D eigenvalue weighted by molar-refractivity contribution is 0.113. The fourth-order valence-corrected chi connectivity index (χ4v) is 5.82. The van der Waals surface area contributed by atoms with Crippen LogP contribution in [0.25, 0.3) is 10.8 Å². The fraction of sp³-hybridized carbons (Fsp3) is 0.600. The Morgan fingerprint density at radius 1 is 0.889 bits per heavy atom. The van der Waals surface area contributed by atoms with Gasteiger partial charge in [0, 0.05) is 0 Å². The van der Waals surface area contributed by atoms with Crippen molar-refractivity contribution in [1.82, 2.24) is 0 Å². The molecule has 27 heavy (non-hydrogen) atoms. The van der Waals surface area contributed by atoms with E-state index in [1.807, 2.05) is 12.1 Å². The third kappa shape index (κ3) is 4.05. The second kappa shape index (κ2) is 8.29. The van der Waals surface area contributed by atoms with Crippen LogP contribution in [0, 0.1) is 29.4 Å². The van der Waals surface area contributed by atoms with Gasteiger partial charge in [-0.2, -0.15) is 0 Å². The molecule has 146 valence electrons. The van der Waals surface area contributed by atoms with E-state index in [-0.39, 0.29) is 5.39 Å². The first kappa shape index (κ1) is 18.9. The number of halogens is 2. The molecule has 2 heteroatoms. The Kier molecular flexibility index (Phi) is 5.80. The molecule has 2 aliphatic carbocycles. The maximum Gasteiger partial charge on any atom is 0.134 e. The molecule has 2 fully saturated rings. The average Bonchev–Trinajstić information content (AvgIpc) is 2.67. The Hall–Kier alpha value is -1.44. The summed E-state index contributed by atoms with van der Waals surface area (Å²) in [6, 6.07) is 8.49. The predicted octanol–water partition coefficient (Wildman–Crippen LogP) is 8.00. The van der Waals surface area contributed by atoms with Crippen LogP contribution in [0.2, 0.25) is 0 Å². The van der Waals surface area contributed by atoms with Gasteiger partial charge in [-0.25, -0.2) is 8.78 Å². The van der Waals surface area contributed by atoms with E-state index in [9.17, 15) is 8.78 Å². The van der Waals surface area contributed by atoms with Crippen molar-refractivity contribution in [3.8, 4) is 0 Å². The van der Waals surface area contributed by atoms with Crippen LogP contribution in [0.15, 0.2) is 30.3 Å². The van der Waals surface area contributed by atoms with E-state index in [0.29, 0.717) is 11.3 Å². The first-order chi connectivity index (χ1) is 13.2. The fourth-order valence-electron chi connectivity index (χ4n) is 5.82. The molecule has 0 nitrogen and oxygen atoms in total. The summed E-state index contributed by atoms with van der Waals surface area (Å²) in [6.45, 7) is 2.28. The molecule has 4 unspecified atom stereocenters. The number of hydrogen-bond donors (Lipinski definition) is 0. The smallest absolute Gasteiger partial charge is 0.134 e. The highest BCUT2D eigenvalue weighted by atomic mass is 19.1. The van der Waals surface area contributed by atoms with Crippen molar-refractivity contribution in [1.29, 1.82) is 0 Å². The zero-order chi connectivity index (χ0) is 18.8. The van der Waals surface area contributed by atoms with Gasteiger partial charge in [-0.1, -0.05) is 57.2 Å². The molecular weight excluding hydrogens is 338 g/mol. The summed E-state index contributed by atoms with van der Waals surface area (Å²) in [7, 11) is 0. The lowest BCUT2D eigenvalue weighted by Crippen LogP contribution is -2.30. The average molecular weight is 371 g/mol. The van der Waals surface area contributed by atoms with Crippen LogP contribution in [-0.4, -0.2) is 0 Å². The van der Waals surface area contributed by atoms with Gasteiger partial charge in [0.1, 0.15) is 11.6 Å². The summed E-state index contributed by atoms with van der Waals surface area (Å²) < 4.78 is 28.5. The summed E-state index contributed by atoms with van der Waals surface area (Å²) in [4.78, 5) is 0. The molecule has 4 atom stereocenters. The van der Waals surface area contributed by atoms with Crippen molar-refractivity contribution in [2.75, 3.05) is 0 Å². The van der Waals surface area contributed by atoms with Crippen molar-refractivity contribution in [2.45, 2.75) is 77.0 Å². The second-order valence-corrected chi connectivity index (χ2v) is 9.05. The Balaban J connectivity index is 1.44. The molecule has 0 aliphatic heterocycles. The molecule has 2 saturated carbocycles. The molecule has 0 aromatic heterocycles. The maximum atomic E-state index is 14.6. The topological polar surface area (TPSA) is 0 Å². The molecule has 0 amide bonds. The zero-order valence-electron chi connectivity index (χ0n) is 16.5. The van der Waals surface area contributed by atoms with Gasteiger partial charge in [-0.3, -0.25) is 0 Å². The number of rotatable bonds is 5. The molecule has 0 N–H and O–H groups in total. The van der Waals surface area contributed by atoms with Crippen LogP contribution < -0.4 is 0 Å². The van der Waals surface area contributed by atoms with E-state index in [0.717, 1.165) is 29.7 Å². The summed E-state index contributed by atoms with van der Waals surface area (Å²) in [6.07, 6.45) is 13.3. The number of benzene rings is 2. The third-order valence-electron chi connectivity index (χ3n) is 7.31. The first-order valence-corrected chi connectivity index (χ1v) is 11.0. The van der Waals surface area contributed by atoms with Crippen molar-refractivity contribution >= 4 is 10.8 Å². The molecule has 0 radical (unpaired) electrons. The number of unbranched alkanes of at least 4 members (excludes halogenated alkanes) is 2. The minimum Gasteiger partial charge on any atom is -0.206 e. The minimum atomic E-state index is -0.457. The Morgan fingerprint density at radius 3 is 2.56 bits per heavy atom. The lowest BCUT2D eigenvalue weighted by atomic mass is 9.63. The van der Waals surface area contributed by atoms with Crippen LogP contribution in [0.5, 0.6) is 0 Å². The van der Waals surface area contributed by atoms with Gasteiger partial charge in [0.25, 0.3) is 0 Å². The van der Waals surface area contributed by atoms with Gasteiger partial charge in [-0.05, 0) is 78.9 Å². The summed E-state index contributed by atoms with van der Waals surface area (Å²) >= 11 is 0. The predicted molar refractivity (Wildman–Crippen MR) is 109 cm³/mol. The van der Waals surface area contributed by atoms with Gasteiger partial charge >= 0.3 is 0 Å². The SMILES string of the molecule is CCCCCC1CCC2CC(c3cc(F)c4c(F)cccc4c3)CCC2C1. The van der Waals surface area contributed by atoms with Gasteiger partial charge in [0.05, 0.1) is 5.39 Å². The number of hydrogen-bond acceptors (Lipinski definition) is 0. The molecule has 0 heterocycles. The van der Waals surface area contributed by atoms with Gasteiger partial charge in [-0.15, -0.1) is 0 Å². The summed E-state index contributed by atoms with van der Waals surface area (Å²) in [5.74, 6) is 2.20. The van der Waals surface area contributed by atoms with E-state index >= 15 is 0 Å². The molecule has 0 spiro atoms. The molecule has 2 aliphatic rings. The second-order valence-electron chi connectivity index (χ2n) is 9.05. The van der Waals surface area contributed by atoms with E-state index in [1.54, 1.807) is 12.1 Å². The summed E-state index contributed by atoms with van der Waals surface area (Å²) in [5.41, 5.74) is 1.08. The molecule has 0 saturated heterocycles. The molecular formula is C25H32F2. The molecule has 0 bridgehead atoms. The molecule has 2 aromatic carbocycles. The minimum absolute atomic E-state index is 0.141. The normalized spacial score (nSPS) is 28.3. The van der Waals surface area contributed by atoms with E-state index in [1.165, 1.54) is 63.9 Å². The van der Waals surface area contributed by atoms with Crippen LogP contribution in [-0.2, 0) is 0 Å². The van der Waals surface area contributed by atoms with E-state index < -0.39 is 11.6 Å². The van der Waals surface area contributed by atoms with E-state index in [4.69, 9.17) is 0 Å². The van der Waals surface area contributed by atoms with Gasteiger partial charge in [0.15, 0.2) is 0 Å². The van der Waals surface area contributed by atoms with Crippen molar-refractivity contribution in [3.63, 3.8) is 0 Å². The summed E-state index contributed by atoms with van der Waals surface area (Å²) in [5, 5.41) is 0.842. The zero-order valence-corrected chi connectivity index (χ0v) is 16.5. The molecule has 2 aromatic rings. The largest absolute Gasteiger partial charge is 0.206 e. The van der Waals surface area contributed by atoms with Crippen LogP contribution in [0.4, 0.5) is 8.78 Å². The third-order valence-corrected chi connectivity index (χ3v) is 7.31. The van der Waals surface area contributed by atoms with E-state index in [2.05, 4.69) is 6.92 Å². The quantitative estimate of drug-likeness (QED) is 0.468. The van der Waals surface area contributed by atoms with Crippen molar-refractivity contribution < 1.29 is 8.78 Å². The van der Waals surface area contributed by atoms with Crippen LogP contribution in [0.1, 0.15) is 82.6 Å². The highest BCUT2D eigenvalue weighted by molar-refractivity contribution is 5.84. The Labute approximate surface area is 162 Å². The van der Waals surface area contributed by atoms with Crippen molar-refractivity contribution in [3.05, 3.63) is 47.5 Å². The standard InChI is InChI=1S/C25H32F2/c1-2-3-4-6-17-9-10-19-14-20(12-11-18(19)13-17)22-15-21-7-5-8-23(26)25(21)24(27)16-22/h5,7-8,15-20H,2-4,6,9-14H2,1H3. The van der Waals surface area contributed by atoms with Crippen molar-refractivity contribution in [2.24, 2.45) is 17.8 Å². The Morgan fingerprint density at radius 2 is 1.70 bits per heavy atom. The van der Waals surface area contributed by atoms with Gasteiger partial charge < -0.3 is 0 Å². The highest BCUT2D eigenvalue weighted by Gasteiger charge is 2.36. The monoisotopic (exact) mass is 370 g/mol. The Bertz CT molecular complexity index is 781. The van der Waals surface area contributed by atoms with Crippen LogP contribution >= 0.6 is 0 Å². The number of fused-ring (bicyclic) bond motifs is 2.